The van der Waals surface area contributed by atoms with Crippen LogP contribution in [0.1, 0.15) is 16.8 Å². The van der Waals surface area contributed by atoms with Crippen LogP contribution in [0.4, 0.5) is 23.1 Å². The number of hydrogen-bond acceptors (Lipinski definition) is 5. The first-order chi connectivity index (χ1) is 13.5. The maximum absolute atomic E-state index is 12.8. The maximum atomic E-state index is 12.8. The molecule has 1 N–H and O–H groups in total. The number of carbonyl (C=O) groups excluding carboxylic acids is 1. The van der Waals surface area contributed by atoms with Crippen LogP contribution < -0.4 is 5.32 Å². The summed E-state index contributed by atoms with van der Waals surface area (Å²) in [6.07, 6.45) is -4.58. The van der Waals surface area contributed by atoms with Gasteiger partial charge in [0.25, 0.3) is 0 Å². The summed E-state index contributed by atoms with van der Waals surface area (Å²) < 4.78 is 64.7. The number of nitrogens with one attached hydrogen (secondary N) is 1. The molecule has 0 atom stereocenters. The van der Waals surface area contributed by atoms with E-state index in [2.05, 4.69) is 10.3 Å². The lowest BCUT2D eigenvalue weighted by Crippen LogP contribution is -2.51. The highest BCUT2D eigenvalue weighted by Crippen LogP contribution is 2.31. The Kier molecular flexibility index (Phi) is 5.88. The van der Waals surface area contributed by atoms with Gasteiger partial charge in [0, 0.05) is 31.6 Å². The van der Waals surface area contributed by atoms with Gasteiger partial charge in [-0.15, -0.1) is 11.3 Å². The van der Waals surface area contributed by atoms with Crippen molar-refractivity contribution in [1.29, 1.82) is 0 Å². The van der Waals surface area contributed by atoms with Gasteiger partial charge in [0.1, 0.15) is 0 Å². The van der Waals surface area contributed by atoms with Crippen molar-refractivity contribution in [3.05, 3.63) is 40.4 Å². The average molecular weight is 448 g/mol. The lowest BCUT2D eigenvalue weighted by atomic mass is 10.1. The second kappa shape index (κ2) is 7.92. The van der Waals surface area contributed by atoms with E-state index in [4.69, 9.17) is 0 Å². The quantitative estimate of drug-likeness (QED) is 0.781. The lowest BCUT2D eigenvalue weighted by molar-refractivity contribution is -0.140. The monoisotopic (exact) mass is 448 g/mol. The number of aryl methyl sites for hydroxylation is 2. The third-order valence-electron chi connectivity index (χ3n) is 4.65. The zero-order chi connectivity index (χ0) is 21.4. The van der Waals surface area contributed by atoms with Gasteiger partial charge in [-0.25, -0.2) is 18.2 Å². The minimum Gasteiger partial charge on any atom is -0.322 e. The number of halogens is 3. The molecule has 1 fully saturated rings. The van der Waals surface area contributed by atoms with Crippen LogP contribution in [-0.4, -0.2) is 54.8 Å². The van der Waals surface area contributed by atoms with E-state index < -0.39 is 27.9 Å². The van der Waals surface area contributed by atoms with E-state index >= 15 is 0 Å². The molecule has 0 bridgehead atoms. The number of hydrogen-bond donors (Lipinski definition) is 1. The van der Waals surface area contributed by atoms with Gasteiger partial charge < -0.3 is 4.90 Å². The molecule has 1 aromatic heterocycles. The predicted molar refractivity (Wildman–Crippen MR) is 102 cm³/mol. The second-order valence-electron chi connectivity index (χ2n) is 6.60. The number of rotatable bonds is 3. The fourth-order valence-corrected chi connectivity index (χ4v) is 5.00. The third-order valence-corrected chi connectivity index (χ3v) is 7.30. The van der Waals surface area contributed by atoms with Crippen LogP contribution in [0.3, 0.4) is 0 Å². The van der Waals surface area contributed by atoms with Crippen molar-refractivity contribution < 1.29 is 26.4 Å². The smallest absolute Gasteiger partial charge is 0.322 e. The summed E-state index contributed by atoms with van der Waals surface area (Å²) >= 11 is 0.677. The minimum absolute atomic E-state index is 0.0916. The molecule has 3 rings (SSSR count). The Bertz CT molecular complexity index is 1010. The van der Waals surface area contributed by atoms with Crippen LogP contribution in [0.2, 0.25) is 0 Å². The van der Waals surface area contributed by atoms with E-state index in [-0.39, 0.29) is 36.2 Å². The number of alkyl halides is 3. The van der Waals surface area contributed by atoms with Gasteiger partial charge in [0.2, 0.25) is 10.0 Å². The second-order valence-corrected chi connectivity index (χ2v) is 9.40. The average Bonchev–Trinajstić information content (AvgIpc) is 3.13. The Morgan fingerprint density at radius 3 is 2.34 bits per heavy atom. The number of sulfonamides is 1. The van der Waals surface area contributed by atoms with Crippen molar-refractivity contribution in [3.63, 3.8) is 0 Å². The number of anilines is 1. The van der Waals surface area contributed by atoms with Gasteiger partial charge in [0.05, 0.1) is 4.90 Å². The zero-order valence-corrected chi connectivity index (χ0v) is 17.3. The van der Waals surface area contributed by atoms with Crippen molar-refractivity contribution >= 4 is 32.5 Å². The fourth-order valence-electron chi connectivity index (χ4n) is 2.79. The van der Waals surface area contributed by atoms with Gasteiger partial charge in [-0.3, -0.25) is 5.32 Å². The molecule has 1 aromatic carbocycles. The van der Waals surface area contributed by atoms with Gasteiger partial charge >= 0.3 is 12.2 Å². The summed E-state index contributed by atoms with van der Waals surface area (Å²) in [4.78, 5) is 17.2. The molecule has 0 aliphatic carbocycles. The van der Waals surface area contributed by atoms with Gasteiger partial charge in [-0.1, -0.05) is 6.07 Å². The summed E-state index contributed by atoms with van der Waals surface area (Å²) in [6.45, 7) is 4.15. The first kappa shape index (κ1) is 21.5. The molecule has 1 aliphatic rings. The largest absolute Gasteiger partial charge is 0.434 e. The maximum Gasteiger partial charge on any atom is 0.434 e. The highest BCUT2D eigenvalue weighted by molar-refractivity contribution is 7.89. The third kappa shape index (κ3) is 4.70. The molecule has 0 spiro atoms. The predicted octanol–water partition coefficient (Wildman–Crippen LogP) is 3.32. The number of piperazine rings is 1. The van der Waals surface area contributed by atoms with E-state index in [0.717, 1.165) is 16.5 Å². The molecule has 1 saturated heterocycles. The first-order valence-electron chi connectivity index (χ1n) is 8.64. The Hall–Kier alpha value is -2.18. The number of amides is 2. The van der Waals surface area contributed by atoms with Crippen molar-refractivity contribution in [3.8, 4) is 0 Å². The van der Waals surface area contributed by atoms with E-state index in [9.17, 15) is 26.4 Å². The Balaban J connectivity index is 1.61. The SMILES string of the molecule is Cc1ccc(S(=O)(=O)N2CCN(C(=O)Nc3nc(C(F)(F)F)cs3)CC2)cc1C. The molecule has 0 unspecified atom stereocenters. The summed E-state index contributed by atoms with van der Waals surface area (Å²) in [5.74, 6) is 0. The van der Waals surface area contributed by atoms with Crippen molar-refractivity contribution in [2.45, 2.75) is 24.9 Å². The summed E-state index contributed by atoms with van der Waals surface area (Å²) in [5.41, 5.74) is 0.786. The molecular weight excluding hydrogens is 429 g/mol. The first-order valence-corrected chi connectivity index (χ1v) is 11.0. The minimum atomic E-state index is -4.58. The standard InChI is InChI=1S/C17H19F3N4O3S2/c1-11-3-4-13(9-12(11)2)29(26,27)24-7-5-23(6-8-24)16(25)22-15-21-14(10-28-15)17(18,19)20/h3-4,9-10H,5-8H2,1-2H3,(H,21,22,25). The molecule has 1 aliphatic heterocycles. The number of aromatic nitrogens is 1. The molecule has 12 heteroatoms. The number of thiazole rings is 1. The van der Waals surface area contributed by atoms with Gasteiger partial charge in [-0.2, -0.15) is 17.5 Å². The van der Waals surface area contributed by atoms with Crippen LogP contribution in [0.5, 0.6) is 0 Å². The summed E-state index contributed by atoms with van der Waals surface area (Å²) in [5, 5.41) is 2.99. The van der Waals surface area contributed by atoms with Gasteiger partial charge in [-0.05, 0) is 37.1 Å². The Labute approximate surface area is 170 Å². The van der Waals surface area contributed by atoms with Crippen LogP contribution in [0.15, 0.2) is 28.5 Å². The number of benzene rings is 1. The van der Waals surface area contributed by atoms with Crippen LogP contribution in [0, 0.1) is 13.8 Å². The number of nitrogens with zero attached hydrogens (tertiary/aromatic N) is 3. The molecule has 0 saturated carbocycles. The fraction of sp³-hybridized carbons (Fsp3) is 0.412. The van der Waals surface area contributed by atoms with Crippen LogP contribution >= 0.6 is 11.3 Å². The molecule has 7 nitrogen and oxygen atoms in total. The Morgan fingerprint density at radius 1 is 1.14 bits per heavy atom. The molecule has 158 valence electrons. The molecule has 2 heterocycles. The van der Waals surface area contributed by atoms with Crippen molar-refractivity contribution in [1.82, 2.24) is 14.2 Å². The molecule has 2 aromatic rings. The topological polar surface area (TPSA) is 82.6 Å². The molecule has 29 heavy (non-hydrogen) atoms. The lowest BCUT2D eigenvalue weighted by Gasteiger charge is -2.33. The number of urea groups is 1. The molecule has 2 amide bonds. The van der Waals surface area contributed by atoms with Gasteiger partial charge in [0.15, 0.2) is 10.8 Å². The van der Waals surface area contributed by atoms with E-state index in [1.54, 1.807) is 18.2 Å². The normalized spacial score (nSPS) is 16.1. The molecule has 0 radical (unpaired) electrons. The van der Waals surface area contributed by atoms with E-state index in [1.807, 2.05) is 13.8 Å². The summed E-state index contributed by atoms with van der Waals surface area (Å²) in [7, 11) is -3.68. The summed E-state index contributed by atoms with van der Waals surface area (Å²) in [6, 6.07) is 4.30. The molecular formula is C17H19F3N4O3S2. The zero-order valence-electron chi connectivity index (χ0n) is 15.7. The Morgan fingerprint density at radius 2 is 1.79 bits per heavy atom. The van der Waals surface area contributed by atoms with Crippen molar-refractivity contribution in [2.24, 2.45) is 0 Å². The van der Waals surface area contributed by atoms with Crippen LogP contribution in [0.25, 0.3) is 0 Å². The number of carbonyl (C=O) groups is 1. The highest BCUT2D eigenvalue weighted by Gasteiger charge is 2.34. The highest BCUT2D eigenvalue weighted by atomic mass is 32.2. The van der Waals surface area contributed by atoms with Crippen LogP contribution in [-0.2, 0) is 16.2 Å². The van der Waals surface area contributed by atoms with E-state index in [0.29, 0.717) is 11.3 Å². The van der Waals surface area contributed by atoms with Crippen molar-refractivity contribution in [2.75, 3.05) is 31.5 Å². The van der Waals surface area contributed by atoms with E-state index in [1.165, 1.54) is 9.21 Å².